The molecule has 0 radical (unpaired) electrons. The third-order valence-electron chi connectivity index (χ3n) is 4.08. The number of hydrogen-bond acceptors (Lipinski definition) is 3. The SMILES string of the molecule is CC1CCC(Cc2ccc([N+](=O)[O-])cc2Br)(C(=O)O)C1. The van der Waals surface area contributed by atoms with Crippen LogP contribution in [0.1, 0.15) is 31.7 Å². The molecule has 0 heterocycles. The minimum absolute atomic E-state index is 0.00444. The quantitative estimate of drug-likeness (QED) is 0.667. The van der Waals surface area contributed by atoms with Gasteiger partial charge in [0.15, 0.2) is 0 Å². The topological polar surface area (TPSA) is 80.4 Å². The van der Waals surface area contributed by atoms with Crippen molar-refractivity contribution in [2.45, 2.75) is 32.6 Å². The van der Waals surface area contributed by atoms with Gasteiger partial charge in [-0.15, -0.1) is 0 Å². The van der Waals surface area contributed by atoms with Gasteiger partial charge in [-0.05, 0) is 37.2 Å². The molecule has 0 spiro atoms. The molecule has 1 aromatic rings. The van der Waals surface area contributed by atoms with Crippen LogP contribution in [0.2, 0.25) is 0 Å². The summed E-state index contributed by atoms with van der Waals surface area (Å²) in [6.07, 6.45) is 2.64. The second kappa shape index (κ2) is 5.52. The molecule has 5 nitrogen and oxygen atoms in total. The lowest BCUT2D eigenvalue weighted by atomic mass is 9.79. The summed E-state index contributed by atoms with van der Waals surface area (Å²) in [6, 6.07) is 4.51. The lowest BCUT2D eigenvalue weighted by Crippen LogP contribution is -2.30. The zero-order valence-electron chi connectivity index (χ0n) is 11.1. The Labute approximate surface area is 125 Å². The number of benzene rings is 1. The van der Waals surface area contributed by atoms with Crippen molar-refractivity contribution in [1.82, 2.24) is 0 Å². The van der Waals surface area contributed by atoms with E-state index in [4.69, 9.17) is 0 Å². The third-order valence-corrected chi connectivity index (χ3v) is 4.82. The zero-order chi connectivity index (χ0) is 14.9. The average molecular weight is 342 g/mol. The standard InChI is InChI=1S/C14H16BrNO4/c1-9-4-5-14(7-9,13(17)18)8-10-2-3-11(16(19)20)6-12(10)15/h2-3,6,9H,4-5,7-8H2,1H3,(H,17,18). The molecule has 1 aromatic carbocycles. The normalized spacial score (nSPS) is 25.6. The summed E-state index contributed by atoms with van der Waals surface area (Å²) >= 11 is 3.31. The summed E-state index contributed by atoms with van der Waals surface area (Å²) in [5, 5.41) is 20.3. The molecule has 2 atom stereocenters. The van der Waals surface area contributed by atoms with Gasteiger partial charge in [-0.3, -0.25) is 14.9 Å². The van der Waals surface area contributed by atoms with E-state index in [1.807, 2.05) is 0 Å². The van der Waals surface area contributed by atoms with Crippen LogP contribution in [0.4, 0.5) is 5.69 Å². The van der Waals surface area contributed by atoms with Crippen LogP contribution in [-0.4, -0.2) is 16.0 Å². The highest BCUT2D eigenvalue weighted by molar-refractivity contribution is 9.10. The first-order valence-electron chi connectivity index (χ1n) is 6.50. The molecule has 2 rings (SSSR count). The van der Waals surface area contributed by atoms with Crippen molar-refractivity contribution in [1.29, 1.82) is 0 Å². The summed E-state index contributed by atoms with van der Waals surface area (Å²) in [4.78, 5) is 21.9. The number of nitro benzene ring substituents is 1. The third kappa shape index (κ3) is 2.85. The van der Waals surface area contributed by atoms with E-state index in [1.165, 1.54) is 12.1 Å². The van der Waals surface area contributed by atoms with Crippen molar-refractivity contribution in [3.05, 3.63) is 38.3 Å². The minimum Gasteiger partial charge on any atom is -0.481 e. The molecular formula is C14H16BrNO4. The van der Waals surface area contributed by atoms with E-state index in [-0.39, 0.29) is 5.69 Å². The molecule has 1 fully saturated rings. The van der Waals surface area contributed by atoms with E-state index >= 15 is 0 Å². The van der Waals surface area contributed by atoms with Crippen LogP contribution in [0.15, 0.2) is 22.7 Å². The second-order valence-electron chi connectivity index (χ2n) is 5.64. The molecular weight excluding hydrogens is 326 g/mol. The monoisotopic (exact) mass is 341 g/mol. The number of aliphatic carboxylic acids is 1. The smallest absolute Gasteiger partial charge is 0.309 e. The molecule has 0 aromatic heterocycles. The highest BCUT2D eigenvalue weighted by atomic mass is 79.9. The summed E-state index contributed by atoms with van der Waals surface area (Å²) < 4.78 is 0.604. The highest BCUT2D eigenvalue weighted by Gasteiger charge is 2.44. The van der Waals surface area contributed by atoms with E-state index in [0.29, 0.717) is 29.7 Å². The Balaban J connectivity index is 2.28. The molecule has 1 saturated carbocycles. The van der Waals surface area contributed by atoms with E-state index in [1.54, 1.807) is 6.07 Å². The van der Waals surface area contributed by atoms with Gasteiger partial charge in [-0.25, -0.2) is 0 Å². The Bertz CT molecular complexity index is 560. The van der Waals surface area contributed by atoms with Crippen LogP contribution in [0.3, 0.4) is 0 Å². The Morgan fingerprint density at radius 2 is 2.30 bits per heavy atom. The van der Waals surface area contributed by atoms with Crippen molar-refractivity contribution in [3.63, 3.8) is 0 Å². The van der Waals surface area contributed by atoms with Crippen LogP contribution in [0.5, 0.6) is 0 Å². The molecule has 20 heavy (non-hydrogen) atoms. The molecule has 1 aliphatic carbocycles. The largest absolute Gasteiger partial charge is 0.481 e. The van der Waals surface area contributed by atoms with Gasteiger partial charge in [-0.1, -0.05) is 28.9 Å². The Kier molecular flexibility index (Phi) is 4.13. The summed E-state index contributed by atoms with van der Waals surface area (Å²) in [6.45, 7) is 2.07. The molecule has 0 amide bonds. The van der Waals surface area contributed by atoms with Gasteiger partial charge >= 0.3 is 5.97 Å². The predicted molar refractivity (Wildman–Crippen MR) is 77.6 cm³/mol. The zero-order valence-corrected chi connectivity index (χ0v) is 12.7. The van der Waals surface area contributed by atoms with E-state index in [9.17, 15) is 20.0 Å². The van der Waals surface area contributed by atoms with Crippen molar-refractivity contribution >= 4 is 27.6 Å². The molecule has 0 aliphatic heterocycles. The maximum absolute atomic E-state index is 11.6. The van der Waals surface area contributed by atoms with E-state index in [2.05, 4.69) is 22.9 Å². The maximum Gasteiger partial charge on any atom is 0.309 e. The first kappa shape index (κ1) is 15.0. The number of nitrogens with zero attached hydrogens (tertiary/aromatic N) is 1. The van der Waals surface area contributed by atoms with E-state index < -0.39 is 16.3 Å². The van der Waals surface area contributed by atoms with Crippen molar-refractivity contribution in [2.75, 3.05) is 0 Å². The summed E-state index contributed by atoms with van der Waals surface area (Å²) in [5.74, 6) is -0.366. The van der Waals surface area contributed by atoms with Gasteiger partial charge in [0, 0.05) is 16.6 Å². The molecule has 1 aliphatic rings. The van der Waals surface area contributed by atoms with Gasteiger partial charge in [-0.2, -0.15) is 0 Å². The Morgan fingerprint density at radius 1 is 1.60 bits per heavy atom. The highest BCUT2D eigenvalue weighted by Crippen LogP contribution is 2.45. The van der Waals surface area contributed by atoms with Crippen molar-refractivity contribution in [3.8, 4) is 0 Å². The summed E-state index contributed by atoms with van der Waals surface area (Å²) in [7, 11) is 0. The fourth-order valence-electron chi connectivity index (χ4n) is 2.98. The van der Waals surface area contributed by atoms with Crippen LogP contribution < -0.4 is 0 Å². The fourth-order valence-corrected chi connectivity index (χ4v) is 3.49. The maximum atomic E-state index is 11.6. The first-order chi connectivity index (χ1) is 9.34. The number of carboxylic acids is 1. The second-order valence-corrected chi connectivity index (χ2v) is 6.50. The lowest BCUT2D eigenvalue weighted by molar-refractivity contribution is -0.384. The number of halogens is 1. The molecule has 108 valence electrons. The van der Waals surface area contributed by atoms with Crippen LogP contribution in [0.25, 0.3) is 0 Å². The molecule has 0 bridgehead atoms. The average Bonchev–Trinajstić information content (AvgIpc) is 2.74. The van der Waals surface area contributed by atoms with Gasteiger partial charge in [0.1, 0.15) is 0 Å². The van der Waals surface area contributed by atoms with Crippen LogP contribution in [-0.2, 0) is 11.2 Å². The van der Waals surface area contributed by atoms with Crippen LogP contribution >= 0.6 is 15.9 Å². The number of hydrogen-bond donors (Lipinski definition) is 1. The Hall–Kier alpha value is -1.43. The summed E-state index contributed by atoms with van der Waals surface area (Å²) in [5.41, 5.74) is 0.0785. The van der Waals surface area contributed by atoms with Gasteiger partial charge in [0.25, 0.3) is 5.69 Å². The first-order valence-corrected chi connectivity index (χ1v) is 7.29. The molecule has 2 unspecified atom stereocenters. The number of non-ortho nitro benzene ring substituents is 1. The lowest BCUT2D eigenvalue weighted by Gasteiger charge is -2.24. The molecule has 6 heteroatoms. The van der Waals surface area contributed by atoms with Gasteiger partial charge < -0.3 is 5.11 Å². The molecule has 0 saturated heterocycles. The van der Waals surface area contributed by atoms with Crippen molar-refractivity contribution in [2.24, 2.45) is 11.3 Å². The minimum atomic E-state index is -0.771. The van der Waals surface area contributed by atoms with Crippen LogP contribution in [0, 0.1) is 21.4 Å². The van der Waals surface area contributed by atoms with Gasteiger partial charge in [0.2, 0.25) is 0 Å². The van der Waals surface area contributed by atoms with Gasteiger partial charge in [0.05, 0.1) is 10.3 Å². The number of carbonyl (C=O) groups is 1. The number of carboxylic acid groups (broad SMARTS) is 1. The fraction of sp³-hybridized carbons (Fsp3) is 0.500. The Morgan fingerprint density at radius 3 is 2.75 bits per heavy atom. The number of rotatable bonds is 4. The van der Waals surface area contributed by atoms with Crippen molar-refractivity contribution < 1.29 is 14.8 Å². The number of nitro groups is 1. The van der Waals surface area contributed by atoms with E-state index in [0.717, 1.165) is 12.0 Å². The predicted octanol–water partition coefficient (Wildman–Crippen LogP) is 3.79. The molecule has 1 N–H and O–H groups in total.